The summed E-state index contributed by atoms with van der Waals surface area (Å²) < 4.78 is 0. The molecule has 1 amide bonds. The summed E-state index contributed by atoms with van der Waals surface area (Å²) in [5.41, 5.74) is 5.10. The van der Waals surface area contributed by atoms with Gasteiger partial charge in [-0.15, -0.1) is 0 Å². The van der Waals surface area contributed by atoms with E-state index >= 15 is 0 Å². The molecule has 4 rings (SSSR count). The summed E-state index contributed by atoms with van der Waals surface area (Å²) in [5.74, 6) is -0.407. The Balaban J connectivity index is 1.60. The highest BCUT2D eigenvalue weighted by atomic mass is 16.3. The number of aromatic nitrogens is 2. The first-order valence-electron chi connectivity index (χ1n) is 8.67. The largest absolute Gasteiger partial charge is 0.505 e. The van der Waals surface area contributed by atoms with Gasteiger partial charge in [0.05, 0.1) is 5.56 Å². The predicted octanol–water partition coefficient (Wildman–Crippen LogP) is 2.22. The van der Waals surface area contributed by atoms with Gasteiger partial charge in [0.25, 0.3) is 5.91 Å². The SMILES string of the molecule is Cc1ncc2c(c1CNC(=O)c1ccc3cccnc3c1O)CCNC2. The zero-order chi connectivity index (χ0) is 18.1. The number of aromatic hydroxyl groups is 1. The Kier molecular flexibility index (Phi) is 4.26. The lowest BCUT2D eigenvalue weighted by atomic mass is 9.96. The van der Waals surface area contributed by atoms with Gasteiger partial charge in [-0.25, -0.2) is 0 Å². The van der Waals surface area contributed by atoms with Crippen molar-refractivity contribution in [1.82, 2.24) is 20.6 Å². The van der Waals surface area contributed by atoms with Crippen LogP contribution in [0.3, 0.4) is 0 Å². The van der Waals surface area contributed by atoms with E-state index in [4.69, 9.17) is 0 Å². The molecule has 0 fully saturated rings. The Labute approximate surface area is 151 Å². The summed E-state index contributed by atoms with van der Waals surface area (Å²) in [4.78, 5) is 21.2. The Morgan fingerprint density at radius 3 is 3.08 bits per heavy atom. The maximum atomic E-state index is 12.6. The standard InChI is InChI=1S/C20H20N4O2/c1-12-17(15-6-8-21-9-14(15)10-23-12)11-24-20(26)16-5-4-13-3-2-7-22-18(13)19(16)25/h2-5,7,10,21,25H,6,8-9,11H2,1H3,(H,24,26). The molecule has 1 aromatic carbocycles. The van der Waals surface area contributed by atoms with Gasteiger partial charge in [0.1, 0.15) is 5.52 Å². The number of benzene rings is 1. The van der Waals surface area contributed by atoms with Gasteiger partial charge < -0.3 is 15.7 Å². The van der Waals surface area contributed by atoms with E-state index in [0.717, 1.165) is 36.2 Å². The van der Waals surface area contributed by atoms with E-state index < -0.39 is 0 Å². The summed E-state index contributed by atoms with van der Waals surface area (Å²) in [6.45, 7) is 4.08. The van der Waals surface area contributed by atoms with Crippen molar-refractivity contribution in [2.24, 2.45) is 0 Å². The minimum Gasteiger partial charge on any atom is -0.505 e. The molecule has 2 aromatic heterocycles. The van der Waals surface area contributed by atoms with E-state index in [2.05, 4.69) is 20.6 Å². The van der Waals surface area contributed by atoms with Crippen molar-refractivity contribution in [3.8, 4) is 5.75 Å². The van der Waals surface area contributed by atoms with Crippen LogP contribution in [0.1, 0.15) is 32.7 Å². The first-order chi connectivity index (χ1) is 12.6. The molecule has 6 heteroatoms. The maximum Gasteiger partial charge on any atom is 0.255 e. The molecular formula is C20H20N4O2. The number of aryl methyl sites for hydroxylation is 1. The van der Waals surface area contributed by atoms with Crippen molar-refractivity contribution < 1.29 is 9.90 Å². The van der Waals surface area contributed by atoms with Gasteiger partial charge in [-0.3, -0.25) is 14.8 Å². The molecule has 1 aliphatic heterocycles. The number of nitrogens with zero attached hydrogens (tertiary/aromatic N) is 2. The summed E-state index contributed by atoms with van der Waals surface area (Å²) in [7, 11) is 0. The molecule has 26 heavy (non-hydrogen) atoms. The lowest BCUT2D eigenvalue weighted by molar-refractivity contribution is 0.0948. The van der Waals surface area contributed by atoms with Crippen molar-refractivity contribution in [2.75, 3.05) is 6.54 Å². The number of hydrogen-bond donors (Lipinski definition) is 3. The number of phenolic OH excluding ortho intramolecular Hbond substituents is 1. The van der Waals surface area contributed by atoms with Gasteiger partial charge in [0, 0.05) is 36.6 Å². The molecule has 3 aromatic rings. The smallest absolute Gasteiger partial charge is 0.255 e. The molecule has 6 nitrogen and oxygen atoms in total. The molecule has 1 aliphatic rings. The van der Waals surface area contributed by atoms with Crippen LogP contribution in [-0.4, -0.2) is 27.5 Å². The van der Waals surface area contributed by atoms with Crippen LogP contribution in [0, 0.1) is 6.92 Å². The van der Waals surface area contributed by atoms with Crippen molar-refractivity contribution in [1.29, 1.82) is 0 Å². The van der Waals surface area contributed by atoms with E-state index in [1.165, 1.54) is 11.1 Å². The predicted molar refractivity (Wildman–Crippen MR) is 99.0 cm³/mol. The van der Waals surface area contributed by atoms with E-state index in [1.54, 1.807) is 24.4 Å². The fourth-order valence-electron chi connectivity index (χ4n) is 3.45. The average molecular weight is 348 g/mol. The minimum atomic E-state index is -0.319. The Morgan fingerprint density at radius 1 is 1.31 bits per heavy atom. The fourth-order valence-corrected chi connectivity index (χ4v) is 3.45. The van der Waals surface area contributed by atoms with E-state index in [-0.39, 0.29) is 17.2 Å². The molecule has 0 aliphatic carbocycles. The van der Waals surface area contributed by atoms with Crippen LogP contribution in [0.4, 0.5) is 0 Å². The van der Waals surface area contributed by atoms with Crippen molar-refractivity contribution in [3.63, 3.8) is 0 Å². The number of amides is 1. The summed E-state index contributed by atoms with van der Waals surface area (Å²) in [6.07, 6.45) is 4.43. The number of phenols is 1. The lowest BCUT2D eigenvalue weighted by Gasteiger charge is -2.21. The molecule has 0 spiro atoms. The van der Waals surface area contributed by atoms with Gasteiger partial charge in [-0.2, -0.15) is 0 Å². The Bertz CT molecular complexity index is 1000. The summed E-state index contributed by atoms with van der Waals surface area (Å²) in [5, 5.41) is 17.5. The Hall–Kier alpha value is -2.99. The third-order valence-electron chi connectivity index (χ3n) is 4.89. The van der Waals surface area contributed by atoms with E-state index in [1.807, 2.05) is 19.2 Å². The van der Waals surface area contributed by atoms with Crippen molar-refractivity contribution in [3.05, 3.63) is 64.6 Å². The first-order valence-corrected chi connectivity index (χ1v) is 8.67. The molecule has 0 bridgehead atoms. The highest BCUT2D eigenvalue weighted by Crippen LogP contribution is 2.27. The third-order valence-corrected chi connectivity index (χ3v) is 4.89. The molecule has 0 saturated heterocycles. The number of carbonyl (C=O) groups is 1. The van der Waals surface area contributed by atoms with Crippen LogP contribution >= 0.6 is 0 Å². The third kappa shape index (κ3) is 2.88. The number of nitrogens with one attached hydrogen (secondary N) is 2. The van der Waals surface area contributed by atoms with Gasteiger partial charge in [0.2, 0.25) is 0 Å². The van der Waals surface area contributed by atoms with Crippen molar-refractivity contribution in [2.45, 2.75) is 26.4 Å². The lowest BCUT2D eigenvalue weighted by Crippen LogP contribution is -2.28. The zero-order valence-electron chi connectivity index (χ0n) is 14.5. The molecular weight excluding hydrogens is 328 g/mol. The second-order valence-electron chi connectivity index (χ2n) is 6.47. The number of pyridine rings is 2. The van der Waals surface area contributed by atoms with Crippen LogP contribution in [0.2, 0.25) is 0 Å². The highest BCUT2D eigenvalue weighted by Gasteiger charge is 2.18. The quantitative estimate of drug-likeness (QED) is 0.676. The molecule has 0 unspecified atom stereocenters. The normalized spacial score (nSPS) is 13.4. The van der Waals surface area contributed by atoms with E-state index in [9.17, 15) is 9.90 Å². The second kappa shape index (κ2) is 6.72. The van der Waals surface area contributed by atoms with Crippen LogP contribution in [0.5, 0.6) is 5.75 Å². The summed E-state index contributed by atoms with van der Waals surface area (Å²) in [6, 6.07) is 7.07. The highest BCUT2D eigenvalue weighted by molar-refractivity contribution is 6.02. The van der Waals surface area contributed by atoms with Crippen LogP contribution < -0.4 is 10.6 Å². The summed E-state index contributed by atoms with van der Waals surface area (Å²) >= 11 is 0. The van der Waals surface area contributed by atoms with Gasteiger partial charge in [-0.1, -0.05) is 12.1 Å². The number of fused-ring (bicyclic) bond motifs is 2. The van der Waals surface area contributed by atoms with Gasteiger partial charge in [-0.05, 0) is 48.7 Å². The molecule has 0 atom stereocenters. The molecule has 132 valence electrons. The average Bonchev–Trinajstić information content (AvgIpc) is 2.67. The fraction of sp³-hybridized carbons (Fsp3) is 0.250. The topological polar surface area (TPSA) is 87.1 Å². The minimum absolute atomic E-state index is 0.0882. The van der Waals surface area contributed by atoms with Crippen LogP contribution in [-0.2, 0) is 19.5 Å². The molecule has 3 N–H and O–H groups in total. The maximum absolute atomic E-state index is 12.6. The van der Waals surface area contributed by atoms with Gasteiger partial charge >= 0.3 is 0 Å². The monoisotopic (exact) mass is 348 g/mol. The van der Waals surface area contributed by atoms with E-state index in [0.29, 0.717) is 12.1 Å². The Morgan fingerprint density at radius 2 is 2.19 bits per heavy atom. The zero-order valence-corrected chi connectivity index (χ0v) is 14.5. The van der Waals surface area contributed by atoms with Crippen LogP contribution in [0.15, 0.2) is 36.7 Å². The second-order valence-corrected chi connectivity index (χ2v) is 6.47. The number of hydrogen-bond acceptors (Lipinski definition) is 5. The molecule has 0 radical (unpaired) electrons. The number of carbonyl (C=O) groups excluding carboxylic acids is 1. The number of rotatable bonds is 3. The van der Waals surface area contributed by atoms with Crippen LogP contribution in [0.25, 0.3) is 10.9 Å². The first kappa shape index (κ1) is 16.5. The molecule has 0 saturated carbocycles. The van der Waals surface area contributed by atoms with Crippen molar-refractivity contribution >= 4 is 16.8 Å². The van der Waals surface area contributed by atoms with Gasteiger partial charge in [0.15, 0.2) is 5.75 Å². The molecule has 3 heterocycles.